The topological polar surface area (TPSA) is 72.0 Å². The van der Waals surface area contributed by atoms with Crippen molar-refractivity contribution in [2.45, 2.75) is 19.4 Å². The van der Waals surface area contributed by atoms with Crippen molar-refractivity contribution in [1.82, 2.24) is 0 Å². The summed E-state index contributed by atoms with van der Waals surface area (Å²) in [5.74, 6) is 1.05. The average Bonchev–Trinajstić information content (AvgIpc) is 2.38. The van der Waals surface area contributed by atoms with Crippen molar-refractivity contribution >= 4 is 22.6 Å². The number of nitrogens with zero attached hydrogens (tertiary/aromatic N) is 3. The molecular formula is C13H12N4S. The monoisotopic (exact) mass is 256 g/mol. The van der Waals surface area contributed by atoms with Crippen molar-refractivity contribution in [3.63, 3.8) is 0 Å². The van der Waals surface area contributed by atoms with Crippen LogP contribution < -0.4 is 5.32 Å². The molecule has 0 aliphatic carbocycles. The summed E-state index contributed by atoms with van der Waals surface area (Å²) in [5, 5.41) is 21.9. The SMILES string of the molecule is CC1CCSC(Nc2ccc(C#N)c(C#N)c2)=N1. The number of benzene rings is 1. The van der Waals surface area contributed by atoms with E-state index in [0.29, 0.717) is 17.2 Å². The molecule has 1 aliphatic heterocycles. The maximum atomic E-state index is 8.96. The van der Waals surface area contributed by atoms with Crippen LogP contribution in [-0.2, 0) is 0 Å². The molecular weight excluding hydrogens is 244 g/mol. The van der Waals surface area contributed by atoms with Crippen molar-refractivity contribution in [1.29, 1.82) is 10.5 Å². The van der Waals surface area contributed by atoms with Crippen LogP contribution in [0.1, 0.15) is 24.5 Å². The number of anilines is 1. The number of hydrogen-bond acceptors (Lipinski definition) is 5. The first kappa shape index (κ1) is 12.5. The van der Waals surface area contributed by atoms with E-state index in [0.717, 1.165) is 23.0 Å². The maximum Gasteiger partial charge on any atom is 0.161 e. The van der Waals surface area contributed by atoms with Gasteiger partial charge in [0.1, 0.15) is 12.1 Å². The summed E-state index contributed by atoms with van der Waals surface area (Å²) in [7, 11) is 0. The predicted octanol–water partition coefficient (Wildman–Crippen LogP) is 2.72. The lowest BCUT2D eigenvalue weighted by Crippen LogP contribution is -2.18. The highest BCUT2D eigenvalue weighted by Crippen LogP contribution is 2.21. The van der Waals surface area contributed by atoms with E-state index in [9.17, 15) is 0 Å². The van der Waals surface area contributed by atoms with Crippen LogP contribution in [0.4, 0.5) is 5.69 Å². The van der Waals surface area contributed by atoms with Crippen LogP contribution in [-0.4, -0.2) is 17.0 Å². The van der Waals surface area contributed by atoms with Gasteiger partial charge in [0.05, 0.1) is 17.2 Å². The Morgan fingerprint density at radius 3 is 2.78 bits per heavy atom. The van der Waals surface area contributed by atoms with Crippen LogP contribution >= 0.6 is 11.8 Å². The molecule has 0 spiro atoms. The first-order valence-corrected chi connectivity index (χ1v) is 6.63. The Hall–Kier alpha value is -1.98. The van der Waals surface area contributed by atoms with Gasteiger partial charge in [-0.05, 0) is 31.5 Å². The number of nitriles is 2. The minimum atomic E-state index is 0.336. The highest BCUT2D eigenvalue weighted by Gasteiger charge is 2.12. The number of aliphatic imine (C=N–C) groups is 1. The molecule has 2 rings (SSSR count). The molecule has 1 aliphatic rings. The zero-order chi connectivity index (χ0) is 13.0. The highest BCUT2D eigenvalue weighted by molar-refractivity contribution is 8.14. The molecule has 1 heterocycles. The van der Waals surface area contributed by atoms with E-state index < -0.39 is 0 Å². The Balaban J connectivity index is 2.21. The summed E-state index contributed by atoms with van der Waals surface area (Å²) in [6.07, 6.45) is 1.09. The largest absolute Gasteiger partial charge is 0.335 e. The van der Waals surface area contributed by atoms with Crippen LogP contribution in [0, 0.1) is 22.7 Å². The van der Waals surface area contributed by atoms with Crippen LogP contribution in [0.25, 0.3) is 0 Å². The van der Waals surface area contributed by atoms with Crippen molar-refractivity contribution in [3.8, 4) is 12.1 Å². The fourth-order valence-corrected chi connectivity index (χ4v) is 2.73. The van der Waals surface area contributed by atoms with Crippen LogP contribution in [0.3, 0.4) is 0 Å². The molecule has 1 atom stereocenters. The Labute approximate surface area is 110 Å². The second kappa shape index (κ2) is 5.57. The van der Waals surface area contributed by atoms with Crippen LogP contribution in [0.2, 0.25) is 0 Å². The van der Waals surface area contributed by atoms with E-state index >= 15 is 0 Å². The molecule has 0 amide bonds. The molecule has 4 nitrogen and oxygen atoms in total. The second-order valence-electron chi connectivity index (χ2n) is 4.03. The summed E-state index contributed by atoms with van der Waals surface area (Å²) in [4.78, 5) is 4.50. The predicted molar refractivity (Wildman–Crippen MR) is 73.5 cm³/mol. The molecule has 0 aromatic heterocycles. The smallest absolute Gasteiger partial charge is 0.161 e. The van der Waals surface area contributed by atoms with Gasteiger partial charge in [0, 0.05) is 11.4 Å². The molecule has 0 fully saturated rings. The fourth-order valence-electron chi connectivity index (χ4n) is 1.63. The zero-order valence-electron chi connectivity index (χ0n) is 9.97. The summed E-state index contributed by atoms with van der Waals surface area (Å²) < 4.78 is 0. The average molecular weight is 256 g/mol. The first-order chi connectivity index (χ1) is 8.72. The summed E-state index contributed by atoms with van der Waals surface area (Å²) in [6.45, 7) is 2.08. The zero-order valence-corrected chi connectivity index (χ0v) is 10.8. The number of hydrogen-bond donors (Lipinski definition) is 1. The first-order valence-electron chi connectivity index (χ1n) is 5.65. The summed E-state index contributed by atoms with van der Waals surface area (Å²) in [6, 6.07) is 9.48. The third kappa shape index (κ3) is 2.82. The molecule has 1 N–H and O–H groups in total. The van der Waals surface area contributed by atoms with Crippen molar-refractivity contribution in [2.24, 2.45) is 4.99 Å². The molecule has 18 heavy (non-hydrogen) atoms. The Morgan fingerprint density at radius 1 is 1.33 bits per heavy atom. The van der Waals surface area contributed by atoms with Crippen LogP contribution in [0.5, 0.6) is 0 Å². The van der Waals surface area contributed by atoms with E-state index in [1.54, 1.807) is 30.0 Å². The quantitative estimate of drug-likeness (QED) is 0.838. The van der Waals surface area contributed by atoms with Gasteiger partial charge in [0.2, 0.25) is 0 Å². The Bertz CT molecular complexity index is 565. The van der Waals surface area contributed by atoms with Gasteiger partial charge in [-0.3, -0.25) is 4.99 Å². The number of nitrogens with one attached hydrogen (secondary N) is 1. The Morgan fingerprint density at radius 2 is 2.11 bits per heavy atom. The lowest BCUT2D eigenvalue weighted by molar-refractivity contribution is 0.720. The van der Waals surface area contributed by atoms with Crippen molar-refractivity contribution < 1.29 is 0 Å². The molecule has 0 saturated heterocycles. The van der Waals surface area contributed by atoms with Gasteiger partial charge in [-0.15, -0.1) is 0 Å². The Kier molecular flexibility index (Phi) is 3.86. The summed E-state index contributed by atoms with van der Waals surface area (Å²) >= 11 is 1.68. The normalized spacial score (nSPS) is 18.4. The molecule has 0 saturated carbocycles. The molecule has 1 unspecified atom stereocenters. The van der Waals surface area contributed by atoms with E-state index in [4.69, 9.17) is 10.5 Å². The lowest BCUT2D eigenvalue weighted by Gasteiger charge is -2.17. The molecule has 5 heteroatoms. The van der Waals surface area contributed by atoms with Crippen molar-refractivity contribution in [3.05, 3.63) is 29.3 Å². The lowest BCUT2D eigenvalue weighted by atomic mass is 10.1. The van der Waals surface area contributed by atoms with Gasteiger partial charge in [-0.25, -0.2) is 0 Å². The van der Waals surface area contributed by atoms with Gasteiger partial charge >= 0.3 is 0 Å². The van der Waals surface area contributed by atoms with E-state index in [1.165, 1.54) is 0 Å². The number of amidine groups is 1. The highest BCUT2D eigenvalue weighted by atomic mass is 32.2. The molecule has 1 aromatic carbocycles. The van der Waals surface area contributed by atoms with Crippen molar-refractivity contribution in [2.75, 3.05) is 11.1 Å². The minimum Gasteiger partial charge on any atom is -0.335 e. The fraction of sp³-hybridized carbons (Fsp3) is 0.308. The molecule has 1 aromatic rings. The van der Waals surface area contributed by atoms with Gasteiger partial charge in [0.15, 0.2) is 5.17 Å². The van der Waals surface area contributed by atoms with Gasteiger partial charge in [0.25, 0.3) is 0 Å². The standard InChI is InChI=1S/C13H12N4S/c1-9-4-5-18-13(16-9)17-12-3-2-10(7-14)11(6-12)8-15/h2-3,6,9H,4-5H2,1H3,(H,16,17). The van der Waals surface area contributed by atoms with E-state index in [2.05, 4.69) is 17.2 Å². The number of thioether (sulfide) groups is 1. The van der Waals surface area contributed by atoms with Crippen LogP contribution in [0.15, 0.2) is 23.2 Å². The third-order valence-electron chi connectivity index (χ3n) is 2.62. The minimum absolute atomic E-state index is 0.336. The van der Waals surface area contributed by atoms with E-state index in [1.807, 2.05) is 12.1 Å². The summed E-state index contributed by atoms with van der Waals surface area (Å²) in [5.41, 5.74) is 1.58. The number of rotatable bonds is 1. The molecule has 0 bridgehead atoms. The van der Waals surface area contributed by atoms with Gasteiger partial charge in [-0.2, -0.15) is 10.5 Å². The van der Waals surface area contributed by atoms with Gasteiger partial charge < -0.3 is 5.32 Å². The maximum absolute atomic E-state index is 8.96. The molecule has 0 radical (unpaired) electrons. The molecule has 90 valence electrons. The van der Waals surface area contributed by atoms with E-state index in [-0.39, 0.29) is 0 Å². The van der Waals surface area contributed by atoms with Gasteiger partial charge in [-0.1, -0.05) is 11.8 Å². The third-order valence-corrected chi connectivity index (χ3v) is 3.54. The second-order valence-corrected chi connectivity index (χ2v) is 5.11.